The van der Waals surface area contributed by atoms with Crippen LogP contribution in [0.5, 0.6) is 5.88 Å². The van der Waals surface area contributed by atoms with E-state index in [-0.39, 0.29) is 22.7 Å². The van der Waals surface area contributed by atoms with Crippen molar-refractivity contribution in [1.82, 2.24) is 9.13 Å². The number of aromatic hydroxyl groups is 1. The maximum absolute atomic E-state index is 12.4. The Balaban J connectivity index is 2.32. The first-order valence-corrected chi connectivity index (χ1v) is 6.68. The molecule has 2 aromatic rings. The van der Waals surface area contributed by atoms with Gasteiger partial charge in [0.05, 0.1) is 16.8 Å². The van der Waals surface area contributed by atoms with Gasteiger partial charge in [0.1, 0.15) is 23.9 Å². The molecule has 0 fully saturated rings. The summed E-state index contributed by atoms with van der Waals surface area (Å²) in [6.45, 7) is 1.94. The summed E-state index contributed by atoms with van der Waals surface area (Å²) in [5.74, 6) is -0.327. The summed E-state index contributed by atoms with van der Waals surface area (Å²) in [6.07, 6.45) is -0.502. The van der Waals surface area contributed by atoms with E-state index < -0.39 is 11.8 Å². The smallest absolute Gasteiger partial charge is 0.336 e. The minimum Gasteiger partial charge on any atom is -0.493 e. The van der Waals surface area contributed by atoms with Gasteiger partial charge in [-0.05, 0) is 31.0 Å². The van der Waals surface area contributed by atoms with Gasteiger partial charge in [0.15, 0.2) is 0 Å². The van der Waals surface area contributed by atoms with Crippen molar-refractivity contribution in [2.75, 3.05) is 0 Å². The Morgan fingerprint density at radius 2 is 2.05 bits per heavy atom. The third-order valence-corrected chi connectivity index (χ3v) is 4.01. The van der Waals surface area contributed by atoms with Gasteiger partial charge in [-0.3, -0.25) is 4.57 Å². The molecule has 0 unspecified atom stereocenters. The molecule has 0 radical (unpaired) electrons. The molecule has 0 saturated carbocycles. The minimum absolute atomic E-state index is 0.165. The van der Waals surface area contributed by atoms with Crippen LogP contribution < -0.4 is 5.69 Å². The molecule has 110 valence electrons. The van der Waals surface area contributed by atoms with Crippen molar-refractivity contribution in [3.05, 3.63) is 45.0 Å². The summed E-state index contributed by atoms with van der Waals surface area (Å²) in [6, 6.07) is 6.82. The van der Waals surface area contributed by atoms with E-state index in [9.17, 15) is 20.3 Å². The van der Waals surface area contributed by atoms with Crippen molar-refractivity contribution in [3.8, 4) is 23.7 Å². The zero-order chi connectivity index (χ0) is 16.0. The molecular weight excluding hydrogens is 284 g/mol. The van der Waals surface area contributed by atoms with Gasteiger partial charge in [-0.2, -0.15) is 10.5 Å². The Hall–Kier alpha value is -3.03. The van der Waals surface area contributed by atoms with Gasteiger partial charge in [0.2, 0.25) is 5.88 Å². The molecule has 0 aliphatic carbocycles. The summed E-state index contributed by atoms with van der Waals surface area (Å²) in [5, 5.41) is 38.4. The first-order chi connectivity index (χ1) is 10.5. The highest BCUT2D eigenvalue weighted by Gasteiger charge is 2.31. The number of aliphatic hydroxyl groups excluding tert-OH is 1. The Bertz CT molecular complexity index is 924. The lowest BCUT2D eigenvalue weighted by Gasteiger charge is -2.10. The van der Waals surface area contributed by atoms with Gasteiger partial charge in [-0.1, -0.05) is 0 Å². The minimum atomic E-state index is -0.886. The molecule has 1 atom stereocenters. The molecule has 7 heteroatoms. The van der Waals surface area contributed by atoms with Crippen molar-refractivity contribution in [1.29, 1.82) is 10.5 Å². The highest BCUT2D eigenvalue weighted by molar-refractivity contribution is 5.59. The van der Waals surface area contributed by atoms with E-state index in [1.807, 2.05) is 12.1 Å². The van der Waals surface area contributed by atoms with Crippen LogP contribution in [-0.4, -0.2) is 19.3 Å². The summed E-state index contributed by atoms with van der Waals surface area (Å²) in [5.41, 5.74) is 0.846. The fraction of sp³-hybridized carbons (Fsp3) is 0.267. The third kappa shape index (κ3) is 1.67. The van der Waals surface area contributed by atoms with Crippen LogP contribution in [0, 0.1) is 29.6 Å². The van der Waals surface area contributed by atoms with Gasteiger partial charge < -0.3 is 10.2 Å². The van der Waals surface area contributed by atoms with Crippen LogP contribution in [-0.2, 0) is 6.54 Å². The average Bonchev–Trinajstić information content (AvgIpc) is 3.00. The molecule has 3 rings (SSSR count). The Morgan fingerprint density at radius 3 is 2.64 bits per heavy atom. The molecule has 1 aromatic carbocycles. The zero-order valence-electron chi connectivity index (χ0n) is 11.7. The monoisotopic (exact) mass is 296 g/mol. The van der Waals surface area contributed by atoms with Crippen LogP contribution in [0.2, 0.25) is 0 Å². The number of hydrogen-bond acceptors (Lipinski definition) is 5. The Kier molecular flexibility index (Phi) is 3.01. The molecular formula is C15H12N4O3. The van der Waals surface area contributed by atoms with Gasteiger partial charge in [-0.15, -0.1) is 0 Å². The zero-order valence-corrected chi connectivity index (χ0v) is 11.7. The number of aliphatic hydroxyl groups is 1. The number of hydrogen-bond donors (Lipinski definition) is 2. The van der Waals surface area contributed by atoms with Gasteiger partial charge >= 0.3 is 5.69 Å². The number of aromatic nitrogens is 2. The molecule has 0 spiro atoms. The van der Waals surface area contributed by atoms with E-state index in [0.29, 0.717) is 24.2 Å². The van der Waals surface area contributed by atoms with Crippen LogP contribution in [0.1, 0.15) is 34.9 Å². The van der Waals surface area contributed by atoms with Crippen molar-refractivity contribution < 1.29 is 10.2 Å². The SMILES string of the molecule is Cc1c(-n2c(O)c3n(c2=O)CC[C@H]3O)ccc(C#N)c1C#N. The second-order valence-corrected chi connectivity index (χ2v) is 5.14. The average molecular weight is 296 g/mol. The lowest BCUT2D eigenvalue weighted by molar-refractivity contribution is 0.175. The molecule has 2 heterocycles. The number of fused-ring (bicyclic) bond motifs is 1. The number of rotatable bonds is 1. The lowest BCUT2D eigenvalue weighted by atomic mass is 10.0. The van der Waals surface area contributed by atoms with Crippen LogP contribution in [0.15, 0.2) is 16.9 Å². The van der Waals surface area contributed by atoms with Crippen molar-refractivity contribution in [2.24, 2.45) is 0 Å². The molecule has 0 bridgehead atoms. The first-order valence-electron chi connectivity index (χ1n) is 6.68. The second-order valence-electron chi connectivity index (χ2n) is 5.14. The van der Waals surface area contributed by atoms with E-state index in [1.54, 1.807) is 6.92 Å². The number of nitriles is 2. The third-order valence-electron chi connectivity index (χ3n) is 4.01. The van der Waals surface area contributed by atoms with E-state index in [0.717, 1.165) is 4.57 Å². The number of imidazole rings is 1. The van der Waals surface area contributed by atoms with Crippen molar-refractivity contribution in [3.63, 3.8) is 0 Å². The van der Waals surface area contributed by atoms with E-state index in [4.69, 9.17) is 5.26 Å². The van der Waals surface area contributed by atoms with Crippen LogP contribution in [0.3, 0.4) is 0 Å². The Labute approximate surface area is 125 Å². The second kappa shape index (κ2) is 4.76. The maximum atomic E-state index is 12.4. The molecule has 7 nitrogen and oxygen atoms in total. The van der Waals surface area contributed by atoms with E-state index in [1.165, 1.54) is 16.7 Å². The fourth-order valence-corrected chi connectivity index (χ4v) is 2.88. The summed E-state index contributed by atoms with van der Waals surface area (Å²) in [7, 11) is 0. The Morgan fingerprint density at radius 1 is 1.32 bits per heavy atom. The van der Waals surface area contributed by atoms with E-state index >= 15 is 0 Å². The molecule has 22 heavy (non-hydrogen) atoms. The lowest BCUT2D eigenvalue weighted by Crippen LogP contribution is -2.23. The molecule has 0 amide bonds. The molecule has 1 aliphatic rings. The summed E-state index contributed by atoms with van der Waals surface area (Å²) >= 11 is 0. The van der Waals surface area contributed by atoms with Crippen LogP contribution in [0.25, 0.3) is 5.69 Å². The molecule has 1 aromatic heterocycles. The largest absolute Gasteiger partial charge is 0.493 e. The summed E-state index contributed by atoms with van der Waals surface area (Å²) in [4.78, 5) is 12.4. The van der Waals surface area contributed by atoms with E-state index in [2.05, 4.69) is 0 Å². The van der Waals surface area contributed by atoms with Crippen LogP contribution in [0.4, 0.5) is 0 Å². The molecule has 1 aliphatic heterocycles. The summed E-state index contributed by atoms with van der Waals surface area (Å²) < 4.78 is 2.39. The number of nitrogens with zero attached hydrogens (tertiary/aromatic N) is 4. The molecule has 0 saturated heterocycles. The fourth-order valence-electron chi connectivity index (χ4n) is 2.88. The molecule has 2 N–H and O–H groups in total. The highest BCUT2D eigenvalue weighted by Crippen LogP contribution is 2.34. The standard InChI is InChI=1S/C15H12N4O3/c1-8-10(7-17)9(6-16)2-3-11(8)19-14(21)13-12(20)4-5-18(13)15(19)22/h2-3,12,20-21H,4-5H2,1H3/t12-/m1/s1. The van der Waals surface area contributed by atoms with Crippen molar-refractivity contribution >= 4 is 0 Å². The van der Waals surface area contributed by atoms with Gasteiger partial charge in [0.25, 0.3) is 0 Å². The quantitative estimate of drug-likeness (QED) is 0.809. The predicted octanol–water partition coefficient (Wildman–Crippen LogP) is 0.833. The van der Waals surface area contributed by atoms with Crippen molar-refractivity contribution in [2.45, 2.75) is 26.0 Å². The van der Waals surface area contributed by atoms with Gasteiger partial charge in [-0.25, -0.2) is 9.36 Å². The normalized spacial score (nSPS) is 16.1. The van der Waals surface area contributed by atoms with Gasteiger partial charge in [0, 0.05) is 6.54 Å². The first kappa shape index (κ1) is 13.9. The van der Waals surface area contributed by atoms with Crippen LogP contribution >= 0.6 is 0 Å². The maximum Gasteiger partial charge on any atom is 0.336 e. The highest BCUT2D eigenvalue weighted by atomic mass is 16.3. The predicted molar refractivity (Wildman–Crippen MR) is 75.4 cm³/mol. The number of benzene rings is 1. The topological polar surface area (TPSA) is 115 Å².